The van der Waals surface area contributed by atoms with Crippen molar-refractivity contribution in [3.8, 4) is 11.4 Å². The van der Waals surface area contributed by atoms with E-state index in [1.807, 2.05) is 7.05 Å². The number of rotatable bonds is 5. The Morgan fingerprint density at radius 1 is 1.50 bits per heavy atom. The highest BCUT2D eigenvalue weighted by molar-refractivity contribution is 5.73. The fourth-order valence-electron chi connectivity index (χ4n) is 2.21. The average molecular weight is 306 g/mol. The van der Waals surface area contributed by atoms with E-state index in [1.165, 1.54) is 0 Å². The van der Waals surface area contributed by atoms with Crippen molar-refractivity contribution in [3.63, 3.8) is 0 Å². The molecule has 2 aromatic heterocycles. The quantitative estimate of drug-likeness (QED) is 0.830. The average Bonchev–Trinajstić information content (AvgIpc) is 3.24. The number of aryl methyl sites for hydroxylation is 1. The Hall–Kier alpha value is -2.42. The number of urea groups is 1. The topological polar surface area (TPSA) is 107 Å². The van der Waals surface area contributed by atoms with Crippen molar-refractivity contribution in [2.24, 2.45) is 7.05 Å². The Morgan fingerprint density at radius 3 is 3.14 bits per heavy atom. The zero-order valence-corrected chi connectivity index (χ0v) is 12.3. The first-order valence-electron chi connectivity index (χ1n) is 7.15. The van der Waals surface area contributed by atoms with E-state index in [2.05, 4.69) is 25.9 Å². The first-order chi connectivity index (χ1) is 10.7. The van der Waals surface area contributed by atoms with Gasteiger partial charge in [-0.1, -0.05) is 5.16 Å². The SMILES string of the molecule is Cn1cc(-c2noc(CNC(=O)NC[C@H]3CCCO3)n2)cn1. The summed E-state index contributed by atoms with van der Waals surface area (Å²) >= 11 is 0. The third kappa shape index (κ3) is 3.61. The second-order valence-corrected chi connectivity index (χ2v) is 5.11. The third-order valence-corrected chi connectivity index (χ3v) is 3.35. The second-order valence-electron chi connectivity index (χ2n) is 5.11. The molecule has 2 N–H and O–H groups in total. The fourth-order valence-corrected chi connectivity index (χ4v) is 2.21. The molecule has 0 aliphatic carbocycles. The van der Waals surface area contributed by atoms with Gasteiger partial charge >= 0.3 is 6.03 Å². The Labute approximate surface area is 127 Å². The Kier molecular flexibility index (Phi) is 4.33. The Bertz CT molecular complexity index is 631. The highest BCUT2D eigenvalue weighted by atomic mass is 16.5. The van der Waals surface area contributed by atoms with Gasteiger partial charge < -0.3 is 19.9 Å². The first-order valence-corrected chi connectivity index (χ1v) is 7.15. The standard InChI is InChI=1S/C13H18N6O3/c1-19-8-9(5-16-19)12-17-11(22-18-12)7-15-13(20)14-6-10-3-2-4-21-10/h5,8,10H,2-4,6-7H2,1H3,(H2,14,15,20)/t10-/m1/s1. The van der Waals surface area contributed by atoms with E-state index in [0.717, 1.165) is 25.0 Å². The summed E-state index contributed by atoms with van der Waals surface area (Å²) in [6, 6.07) is -0.281. The van der Waals surface area contributed by atoms with Gasteiger partial charge in [0.2, 0.25) is 11.7 Å². The van der Waals surface area contributed by atoms with Gasteiger partial charge in [0.05, 0.1) is 24.4 Å². The number of hydrogen-bond donors (Lipinski definition) is 2. The van der Waals surface area contributed by atoms with E-state index in [4.69, 9.17) is 9.26 Å². The molecule has 1 atom stereocenters. The lowest BCUT2D eigenvalue weighted by Gasteiger charge is -2.10. The van der Waals surface area contributed by atoms with Gasteiger partial charge in [-0.25, -0.2) is 4.79 Å². The van der Waals surface area contributed by atoms with E-state index in [0.29, 0.717) is 18.3 Å². The van der Waals surface area contributed by atoms with E-state index >= 15 is 0 Å². The maximum atomic E-state index is 11.7. The van der Waals surface area contributed by atoms with Crippen molar-refractivity contribution in [2.45, 2.75) is 25.5 Å². The molecule has 3 rings (SSSR count). The summed E-state index contributed by atoms with van der Waals surface area (Å²) < 4.78 is 12.2. The highest BCUT2D eigenvalue weighted by Crippen LogP contribution is 2.14. The van der Waals surface area contributed by atoms with Crippen LogP contribution in [0.1, 0.15) is 18.7 Å². The molecule has 1 fully saturated rings. The van der Waals surface area contributed by atoms with Gasteiger partial charge in [0, 0.05) is 26.4 Å². The van der Waals surface area contributed by atoms with Crippen molar-refractivity contribution in [1.82, 2.24) is 30.6 Å². The number of hydrogen-bond acceptors (Lipinski definition) is 6. The lowest BCUT2D eigenvalue weighted by molar-refractivity contribution is 0.111. The van der Waals surface area contributed by atoms with Crippen LogP contribution in [0.15, 0.2) is 16.9 Å². The highest BCUT2D eigenvalue weighted by Gasteiger charge is 2.16. The predicted molar refractivity (Wildman–Crippen MR) is 75.7 cm³/mol. The first kappa shape index (κ1) is 14.5. The van der Waals surface area contributed by atoms with Crippen LogP contribution >= 0.6 is 0 Å². The van der Waals surface area contributed by atoms with Gasteiger partial charge in [0.15, 0.2) is 0 Å². The third-order valence-electron chi connectivity index (χ3n) is 3.35. The largest absolute Gasteiger partial charge is 0.376 e. The van der Waals surface area contributed by atoms with E-state index < -0.39 is 0 Å². The molecular weight excluding hydrogens is 288 g/mol. The van der Waals surface area contributed by atoms with Crippen LogP contribution < -0.4 is 10.6 Å². The summed E-state index contributed by atoms with van der Waals surface area (Å²) in [5, 5.41) is 13.3. The molecule has 0 bridgehead atoms. The number of ether oxygens (including phenoxy) is 1. The molecule has 118 valence electrons. The zero-order valence-electron chi connectivity index (χ0n) is 12.3. The number of amides is 2. The van der Waals surface area contributed by atoms with E-state index in [9.17, 15) is 4.79 Å². The minimum atomic E-state index is -0.281. The van der Waals surface area contributed by atoms with Gasteiger partial charge in [0.1, 0.15) is 0 Å². The van der Waals surface area contributed by atoms with Crippen molar-refractivity contribution < 1.29 is 14.1 Å². The molecule has 0 aromatic carbocycles. The number of aromatic nitrogens is 4. The van der Waals surface area contributed by atoms with Crippen molar-refractivity contribution in [1.29, 1.82) is 0 Å². The van der Waals surface area contributed by atoms with Crippen molar-refractivity contribution >= 4 is 6.03 Å². The molecule has 9 heteroatoms. The summed E-state index contributed by atoms with van der Waals surface area (Å²) in [6.45, 7) is 1.45. The minimum absolute atomic E-state index is 0.117. The summed E-state index contributed by atoms with van der Waals surface area (Å²) in [4.78, 5) is 15.9. The molecule has 2 aromatic rings. The van der Waals surface area contributed by atoms with Crippen molar-refractivity contribution in [3.05, 3.63) is 18.3 Å². The van der Waals surface area contributed by atoms with Crippen LogP contribution in [0.2, 0.25) is 0 Å². The Morgan fingerprint density at radius 2 is 2.41 bits per heavy atom. The van der Waals surface area contributed by atoms with Crippen LogP contribution in [0, 0.1) is 0 Å². The molecule has 0 unspecified atom stereocenters. The number of carbonyl (C=O) groups is 1. The predicted octanol–water partition coefficient (Wildman–Crippen LogP) is 0.448. The van der Waals surface area contributed by atoms with Crippen molar-refractivity contribution in [2.75, 3.05) is 13.2 Å². The van der Waals surface area contributed by atoms with Crippen LogP contribution in [0.25, 0.3) is 11.4 Å². The lowest BCUT2D eigenvalue weighted by Crippen LogP contribution is -2.39. The summed E-state index contributed by atoms with van der Waals surface area (Å²) in [5.41, 5.74) is 0.764. The second kappa shape index (κ2) is 6.56. The molecular formula is C13H18N6O3. The summed E-state index contributed by atoms with van der Waals surface area (Å²) in [5.74, 6) is 0.788. The molecule has 0 radical (unpaired) electrons. The van der Waals surface area contributed by atoms with Crippen LogP contribution in [0.4, 0.5) is 4.79 Å². The van der Waals surface area contributed by atoms with E-state index in [-0.39, 0.29) is 18.7 Å². The van der Waals surface area contributed by atoms with Gasteiger partial charge in [0.25, 0.3) is 0 Å². The maximum Gasteiger partial charge on any atom is 0.315 e. The van der Waals surface area contributed by atoms with Gasteiger partial charge in [-0.3, -0.25) is 4.68 Å². The monoisotopic (exact) mass is 306 g/mol. The fraction of sp³-hybridized carbons (Fsp3) is 0.538. The van der Waals surface area contributed by atoms with E-state index in [1.54, 1.807) is 17.1 Å². The molecule has 22 heavy (non-hydrogen) atoms. The molecule has 0 spiro atoms. The smallest absolute Gasteiger partial charge is 0.315 e. The van der Waals surface area contributed by atoms with Crippen LogP contribution in [0.5, 0.6) is 0 Å². The van der Waals surface area contributed by atoms with Crippen LogP contribution in [-0.2, 0) is 18.3 Å². The number of carbonyl (C=O) groups excluding carboxylic acids is 1. The summed E-state index contributed by atoms with van der Waals surface area (Å²) in [7, 11) is 1.81. The maximum absolute atomic E-state index is 11.7. The summed E-state index contributed by atoms with van der Waals surface area (Å²) in [6.07, 6.45) is 5.59. The number of nitrogens with one attached hydrogen (secondary N) is 2. The molecule has 0 saturated carbocycles. The zero-order chi connectivity index (χ0) is 15.4. The molecule has 9 nitrogen and oxygen atoms in total. The molecule has 1 aliphatic heterocycles. The number of nitrogens with zero attached hydrogens (tertiary/aromatic N) is 4. The molecule has 1 aliphatic rings. The Balaban J connectivity index is 1.45. The lowest BCUT2D eigenvalue weighted by atomic mass is 10.2. The van der Waals surface area contributed by atoms with Crippen LogP contribution in [-0.4, -0.2) is 45.2 Å². The molecule has 3 heterocycles. The van der Waals surface area contributed by atoms with Gasteiger partial charge in [-0.15, -0.1) is 0 Å². The minimum Gasteiger partial charge on any atom is -0.376 e. The molecule has 1 saturated heterocycles. The van der Waals surface area contributed by atoms with Gasteiger partial charge in [-0.05, 0) is 12.8 Å². The van der Waals surface area contributed by atoms with Crippen LogP contribution in [0.3, 0.4) is 0 Å². The molecule has 2 amide bonds. The normalized spacial score (nSPS) is 17.6. The van der Waals surface area contributed by atoms with Gasteiger partial charge in [-0.2, -0.15) is 10.1 Å².